The van der Waals surface area contributed by atoms with Gasteiger partial charge in [-0.1, -0.05) is 17.7 Å². The van der Waals surface area contributed by atoms with E-state index in [2.05, 4.69) is 0 Å². The van der Waals surface area contributed by atoms with Crippen LogP contribution >= 0.6 is 12.4 Å². The second-order valence-corrected chi connectivity index (χ2v) is 3.92. The van der Waals surface area contributed by atoms with Crippen molar-refractivity contribution < 1.29 is 27.9 Å². The van der Waals surface area contributed by atoms with E-state index in [0.717, 1.165) is 5.56 Å². The first kappa shape index (κ1) is 15.5. The van der Waals surface area contributed by atoms with E-state index in [0.29, 0.717) is 0 Å². The molecule has 0 spiro atoms. The zero-order valence-electron chi connectivity index (χ0n) is 6.87. The number of rotatable bonds is 1. The summed E-state index contributed by atoms with van der Waals surface area (Å²) in [6.45, 7) is 1.88. The zero-order valence-corrected chi connectivity index (χ0v) is 10.2. The van der Waals surface area contributed by atoms with Crippen LogP contribution in [0.4, 0.5) is 0 Å². The van der Waals surface area contributed by atoms with Crippen molar-refractivity contribution in [2.75, 3.05) is 0 Å². The smallest absolute Gasteiger partial charge is 0.225 e. The molecule has 0 saturated carbocycles. The van der Waals surface area contributed by atoms with Gasteiger partial charge in [-0.15, -0.1) is 12.4 Å². The maximum Gasteiger partial charge on any atom is 0.238 e. The summed E-state index contributed by atoms with van der Waals surface area (Å²) in [5.74, 6) is 0. The van der Waals surface area contributed by atoms with Gasteiger partial charge in [0.2, 0.25) is 10.0 Å². The molecular weight excluding hydrogens is 299 g/mol. The first-order chi connectivity index (χ1) is 5.00. The van der Waals surface area contributed by atoms with E-state index in [9.17, 15) is 8.42 Å². The number of nitrogens with two attached hydrogens (primary N) is 1. The Labute approximate surface area is 96.9 Å². The maximum absolute atomic E-state index is 10.7. The van der Waals surface area contributed by atoms with Crippen LogP contribution in [-0.2, 0) is 29.5 Å². The molecule has 0 radical (unpaired) electrons. The monoisotopic (exact) mass is 309 g/mol. The van der Waals surface area contributed by atoms with Crippen LogP contribution in [0.5, 0.6) is 0 Å². The van der Waals surface area contributed by atoms with Crippen molar-refractivity contribution in [1.29, 1.82) is 0 Å². The molecule has 0 heterocycles. The van der Waals surface area contributed by atoms with Crippen molar-refractivity contribution in [3.05, 3.63) is 29.8 Å². The van der Waals surface area contributed by atoms with Crippen LogP contribution in [0.2, 0.25) is 0 Å². The summed E-state index contributed by atoms with van der Waals surface area (Å²) in [5.41, 5.74) is 1.01. The molecule has 0 amide bonds. The minimum Gasteiger partial charge on any atom is -0.225 e. The molecule has 1 rings (SSSR count). The van der Waals surface area contributed by atoms with Gasteiger partial charge in [0.25, 0.3) is 0 Å². The molecule has 6 heteroatoms. The van der Waals surface area contributed by atoms with Gasteiger partial charge in [-0.25, -0.2) is 13.6 Å². The summed E-state index contributed by atoms with van der Waals surface area (Å²) >= 11 is 0. The fourth-order valence-corrected chi connectivity index (χ4v) is 1.24. The zero-order chi connectivity index (χ0) is 8.48. The summed E-state index contributed by atoms with van der Waals surface area (Å²) in [4.78, 5) is 0.156. The van der Waals surface area contributed by atoms with E-state index in [-0.39, 0.29) is 36.8 Å². The first-order valence-corrected chi connectivity index (χ1v) is 4.64. The van der Waals surface area contributed by atoms with Crippen molar-refractivity contribution >= 4 is 22.4 Å². The largest absolute Gasteiger partial charge is 0.238 e. The summed E-state index contributed by atoms with van der Waals surface area (Å²) in [7, 11) is -3.52. The van der Waals surface area contributed by atoms with Gasteiger partial charge in [0, 0.05) is 19.5 Å². The van der Waals surface area contributed by atoms with Gasteiger partial charge in [-0.05, 0) is 19.1 Å². The normalized spacial score (nSPS) is 9.69. The van der Waals surface area contributed by atoms with Gasteiger partial charge in [-0.2, -0.15) is 0 Å². The first-order valence-electron chi connectivity index (χ1n) is 3.09. The van der Waals surface area contributed by atoms with Crippen LogP contribution in [0.15, 0.2) is 29.2 Å². The van der Waals surface area contributed by atoms with Gasteiger partial charge in [-0.3, -0.25) is 0 Å². The fourth-order valence-electron chi connectivity index (χ4n) is 0.728. The SMILES string of the molecule is Cc1ccc(S(N)(=O)=O)cc1.Cl.[Ru]. The average Bonchev–Trinajstić information content (AvgIpc) is 1.86. The predicted octanol–water partition coefficient (Wildman–Crippen LogP) is 1.06. The number of halogens is 1. The number of hydrogen-bond acceptors (Lipinski definition) is 2. The van der Waals surface area contributed by atoms with E-state index >= 15 is 0 Å². The van der Waals surface area contributed by atoms with E-state index < -0.39 is 10.0 Å². The fraction of sp³-hybridized carbons (Fsp3) is 0.143. The topological polar surface area (TPSA) is 60.2 Å². The number of sulfonamides is 1. The molecule has 0 bridgehead atoms. The third kappa shape index (κ3) is 4.72. The average molecular weight is 309 g/mol. The molecular formula is C7H10ClNO2RuS. The number of hydrogen-bond donors (Lipinski definition) is 1. The van der Waals surface area contributed by atoms with Crippen molar-refractivity contribution in [2.24, 2.45) is 5.14 Å². The van der Waals surface area contributed by atoms with Crippen LogP contribution in [0.3, 0.4) is 0 Å². The third-order valence-corrected chi connectivity index (χ3v) is 2.28. The van der Waals surface area contributed by atoms with Crippen LogP contribution in [0.1, 0.15) is 5.56 Å². The van der Waals surface area contributed by atoms with E-state index in [1.165, 1.54) is 12.1 Å². The molecule has 1 aromatic rings. The Morgan fingerprint density at radius 2 is 1.54 bits per heavy atom. The molecule has 76 valence electrons. The standard InChI is InChI=1S/C7H9NO2S.ClH.Ru/c1-6-2-4-7(5-3-6)11(8,9)10;;/h2-5H,1H3,(H2,8,9,10);1H;. The van der Waals surface area contributed by atoms with E-state index in [4.69, 9.17) is 5.14 Å². The second-order valence-electron chi connectivity index (χ2n) is 2.36. The van der Waals surface area contributed by atoms with E-state index in [1.807, 2.05) is 6.92 Å². The maximum atomic E-state index is 10.7. The second kappa shape index (κ2) is 5.71. The van der Waals surface area contributed by atoms with Gasteiger partial charge in [0.05, 0.1) is 4.90 Å². The van der Waals surface area contributed by atoms with Crippen molar-refractivity contribution in [3.8, 4) is 0 Å². The summed E-state index contributed by atoms with van der Waals surface area (Å²) < 4.78 is 21.4. The Morgan fingerprint density at radius 1 is 1.15 bits per heavy atom. The quantitative estimate of drug-likeness (QED) is 0.789. The van der Waals surface area contributed by atoms with Crippen LogP contribution < -0.4 is 5.14 Å². The molecule has 0 aliphatic heterocycles. The molecule has 3 nitrogen and oxygen atoms in total. The minimum atomic E-state index is -3.52. The summed E-state index contributed by atoms with van der Waals surface area (Å²) in [6.07, 6.45) is 0. The van der Waals surface area contributed by atoms with Crippen molar-refractivity contribution in [2.45, 2.75) is 11.8 Å². The van der Waals surface area contributed by atoms with Crippen molar-refractivity contribution in [1.82, 2.24) is 0 Å². The molecule has 0 aliphatic carbocycles. The summed E-state index contributed by atoms with van der Waals surface area (Å²) in [5, 5.41) is 4.88. The summed E-state index contributed by atoms with van der Waals surface area (Å²) in [6, 6.07) is 6.40. The molecule has 1 aromatic carbocycles. The Morgan fingerprint density at radius 3 is 1.85 bits per heavy atom. The van der Waals surface area contributed by atoms with Gasteiger partial charge >= 0.3 is 0 Å². The number of benzene rings is 1. The third-order valence-electron chi connectivity index (χ3n) is 1.35. The molecule has 0 aromatic heterocycles. The Hall–Kier alpha value is 0.0434. The Kier molecular flexibility index (Phi) is 6.81. The molecule has 2 N–H and O–H groups in total. The molecule has 0 atom stereocenters. The van der Waals surface area contributed by atoms with Gasteiger partial charge in [0.15, 0.2) is 0 Å². The van der Waals surface area contributed by atoms with Gasteiger partial charge < -0.3 is 0 Å². The molecule has 13 heavy (non-hydrogen) atoms. The van der Waals surface area contributed by atoms with Gasteiger partial charge in [0.1, 0.15) is 0 Å². The van der Waals surface area contributed by atoms with E-state index in [1.54, 1.807) is 12.1 Å². The molecule has 0 saturated heterocycles. The Bertz CT molecular complexity index is 349. The number of primary sulfonamides is 1. The molecule has 0 unspecified atom stereocenters. The number of aryl methyl sites for hydroxylation is 1. The Balaban J connectivity index is 0. The van der Waals surface area contributed by atoms with Crippen LogP contribution in [0, 0.1) is 6.92 Å². The van der Waals surface area contributed by atoms with Crippen LogP contribution in [0.25, 0.3) is 0 Å². The van der Waals surface area contributed by atoms with Crippen molar-refractivity contribution in [3.63, 3.8) is 0 Å². The minimum absolute atomic E-state index is 0. The van der Waals surface area contributed by atoms with Crippen LogP contribution in [-0.4, -0.2) is 8.42 Å². The molecule has 0 fully saturated rings. The molecule has 0 aliphatic rings. The predicted molar refractivity (Wildman–Crippen MR) is 49.8 cm³/mol.